The fourth-order valence-corrected chi connectivity index (χ4v) is 6.91. The van der Waals surface area contributed by atoms with Gasteiger partial charge in [-0.05, 0) is 81.1 Å². The number of rotatable bonds is 10. The summed E-state index contributed by atoms with van der Waals surface area (Å²) < 4.78 is 46.1. The van der Waals surface area contributed by atoms with Crippen LogP contribution in [0.1, 0.15) is 56.0 Å². The molecule has 2 amide bonds. The smallest absolute Gasteiger partial charge is 0.258 e. The van der Waals surface area contributed by atoms with E-state index in [0.29, 0.717) is 30.2 Å². The van der Waals surface area contributed by atoms with Crippen LogP contribution >= 0.6 is 0 Å². The normalized spacial score (nSPS) is 20.1. The fraction of sp³-hybridized carbons (Fsp3) is 0.459. The lowest BCUT2D eigenvalue weighted by Gasteiger charge is -2.35. The molecular formula is C37H49N3O8S. The number of hydrogen-bond acceptors (Lipinski definition) is 8. The van der Waals surface area contributed by atoms with Crippen molar-refractivity contribution in [1.82, 2.24) is 9.21 Å². The van der Waals surface area contributed by atoms with Crippen LogP contribution in [-0.4, -0.2) is 93.3 Å². The number of methoxy groups -OCH3 is 1. The predicted molar refractivity (Wildman–Crippen MR) is 188 cm³/mol. The maximum atomic E-state index is 14.4. The SMILES string of the molecule is COc1ccc(S(=O)(=O)N(C)C[C@@H]2OCCCC[C@@H](C)Oc3ccc(NC(=O)Cc4ccccc4)cc3C(=O)N([C@H](C)CO)C[C@@H]2C)cc1. The number of ether oxygens (including phenoxy) is 3. The molecule has 4 atom stereocenters. The van der Waals surface area contributed by atoms with Gasteiger partial charge in [-0.15, -0.1) is 0 Å². The van der Waals surface area contributed by atoms with Gasteiger partial charge in [-0.25, -0.2) is 8.42 Å². The third kappa shape index (κ3) is 10.3. The van der Waals surface area contributed by atoms with Crippen LogP contribution in [0.4, 0.5) is 5.69 Å². The number of carbonyl (C=O) groups is 2. The van der Waals surface area contributed by atoms with Gasteiger partial charge >= 0.3 is 0 Å². The molecule has 2 N–H and O–H groups in total. The molecule has 11 nitrogen and oxygen atoms in total. The Morgan fingerprint density at radius 1 is 1.08 bits per heavy atom. The van der Waals surface area contributed by atoms with Crippen molar-refractivity contribution >= 4 is 27.5 Å². The van der Waals surface area contributed by atoms with Gasteiger partial charge in [-0.2, -0.15) is 4.31 Å². The number of aliphatic hydroxyl groups is 1. The van der Waals surface area contributed by atoms with Crippen LogP contribution in [0.2, 0.25) is 0 Å². The summed E-state index contributed by atoms with van der Waals surface area (Å²) in [6.45, 7) is 5.93. The Hall–Kier alpha value is -3.97. The van der Waals surface area contributed by atoms with Crippen molar-refractivity contribution in [2.24, 2.45) is 5.92 Å². The quantitative estimate of drug-likeness (QED) is 0.303. The van der Waals surface area contributed by atoms with Crippen molar-refractivity contribution in [2.45, 2.75) is 69.6 Å². The number of likely N-dealkylation sites (N-methyl/N-ethyl adjacent to an activating group) is 1. The second kappa shape index (κ2) is 17.6. The fourth-order valence-electron chi connectivity index (χ4n) is 5.73. The summed E-state index contributed by atoms with van der Waals surface area (Å²) in [6.07, 6.45) is 1.64. The molecule has 0 fully saturated rings. The van der Waals surface area contributed by atoms with E-state index in [-0.39, 0.29) is 60.4 Å². The van der Waals surface area contributed by atoms with E-state index in [4.69, 9.17) is 14.2 Å². The summed E-state index contributed by atoms with van der Waals surface area (Å²) in [4.78, 5) is 29.0. The third-order valence-electron chi connectivity index (χ3n) is 8.75. The number of aliphatic hydroxyl groups excluding tert-OH is 1. The van der Waals surface area contributed by atoms with E-state index in [0.717, 1.165) is 18.4 Å². The maximum absolute atomic E-state index is 14.4. The molecular weight excluding hydrogens is 646 g/mol. The van der Waals surface area contributed by atoms with Crippen LogP contribution in [0.3, 0.4) is 0 Å². The monoisotopic (exact) mass is 695 g/mol. The van der Waals surface area contributed by atoms with E-state index in [9.17, 15) is 23.1 Å². The van der Waals surface area contributed by atoms with Crippen LogP contribution in [0, 0.1) is 5.92 Å². The van der Waals surface area contributed by atoms with Gasteiger partial charge < -0.3 is 29.5 Å². The number of hydrogen-bond donors (Lipinski definition) is 2. The molecule has 1 aliphatic heterocycles. The summed E-state index contributed by atoms with van der Waals surface area (Å²) >= 11 is 0. The topological polar surface area (TPSA) is 135 Å². The second-order valence-electron chi connectivity index (χ2n) is 12.7. The summed E-state index contributed by atoms with van der Waals surface area (Å²) in [7, 11) is -0.814. The van der Waals surface area contributed by atoms with Crippen LogP contribution < -0.4 is 14.8 Å². The molecule has 0 radical (unpaired) electrons. The Bertz CT molecular complexity index is 1640. The van der Waals surface area contributed by atoms with Gasteiger partial charge in [0.15, 0.2) is 0 Å². The van der Waals surface area contributed by atoms with Gasteiger partial charge in [-0.3, -0.25) is 9.59 Å². The number of fused-ring (bicyclic) bond motifs is 1. The minimum absolute atomic E-state index is 0.0543. The summed E-state index contributed by atoms with van der Waals surface area (Å²) in [6, 6.07) is 20.0. The molecule has 266 valence electrons. The molecule has 0 aliphatic carbocycles. The van der Waals surface area contributed by atoms with E-state index in [1.807, 2.05) is 44.2 Å². The highest BCUT2D eigenvalue weighted by atomic mass is 32.2. The average molecular weight is 696 g/mol. The summed E-state index contributed by atoms with van der Waals surface area (Å²) in [5.74, 6) is -0.000203. The first-order chi connectivity index (χ1) is 23.4. The first-order valence-corrected chi connectivity index (χ1v) is 18.1. The highest BCUT2D eigenvalue weighted by Gasteiger charge is 2.32. The van der Waals surface area contributed by atoms with Crippen LogP contribution in [0.15, 0.2) is 77.7 Å². The van der Waals surface area contributed by atoms with Crippen molar-refractivity contribution in [3.8, 4) is 11.5 Å². The Balaban J connectivity index is 1.62. The predicted octanol–water partition coefficient (Wildman–Crippen LogP) is 4.99. The Morgan fingerprint density at radius 2 is 1.80 bits per heavy atom. The molecule has 0 saturated carbocycles. The highest BCUT2D eigenvalue weighted by molar-refractivity contribution is 7.89. The number of anilines is 1. The van der Waals surface area contributed by atoms with Crippen molar-refractivity contribution in [3.05, 3.63) is 83.9 Å². The number of benzene rings is 3. The molecule has 1 heterocycles. The highest BCUT2D eigenvalue weighted by Crippen LogP contribution is 2.29. The molecule has 1 aliphatic rings. The number of nitrogens with zero attached hydrogens (tertiary/aromatic N) is 2. The standard InChI is InChI=1S/C37H49N3O8S/c1-26-23-40(27(2)25-41)37(43)33-22-30(38-36(42)21-29-12-7-6-8-13-29)14-19-34(33)48-28(3)11-9-10-20-47-35(26)24-39(4)49(44,45)32-17-15-31(46-5)16-18-32/h6-8,12-19,22,26-28,35,41H,9-11,20-21,23-25H2,1-5H3,(H,38,42)/t26-,27+,28+,35-/m0/s1. The number of sulfonamides is 1. The zero-order valence-corrected chi connectivity index (χ0v) is 29.8. The lowest BCUT2D eigenvalue weighted by Crippen LogP contribution is -2.48. The van der Waals surface area contributed by atoms with E-state index in [2.05, 4.69) is 5.32 Å². The van der Waals surface area contributed by atoms with Gasteiger partial charge in [0, 0.05) is 38.3 Å². The van der Waals surface area contributed by atoms with Crippen molar-refractivity contribution < 1.29 is 37.3 Å². The third-order valence-corrected chi connectivity index (χ3v) is 10.6. The van der Waals surface area contributed by atoms with Crippen LogP contribution in [0.25, 0.3) is 0 Å². The Labute approximate surface area is 290 Å². The Morgan fingerprint density at radius 3 is 2.47 bits per heavy atom. The number of amides is 2. The van der Waals surface area contributed by atoms with Gasteiger partial charge in [0.1, 0.15) is 11.5 Å². The lowest BCUT2D eigenvalue weighted by molar-refractivity contribution is -0.115. The van der Waals surface area contributed by atoms with Crippen molar-refractivity contribution in [2.75, 3.05) is 45.8 Å². The maximum Gasteiger partial charge on any atom is 0.258 e. The Kier molecular flexibility index (Phi) is 13.6. The van der Waals surface area contributed by atoms with E-state index >= 15 is 0 Å². The van der Waals surface area contributed by atoms with Gasteiger partial charge in [-0.1, -0.05) is 37.3 Å². The molecule has 0 aromatic heterocycles. The van der Waals surface area contributed by atoms with Crippen LogP contribution in [0.5, 0.6) is 11.5 Å². The molecule has 0 spiro atoms. The van der Waals surface area contributed by atoms with E-state index in [1.165, 1.54) is 30.6 Å². The molecule has 49 heavy (non-hydrogen) atoms. The van der Waals surface area contributed by atoms with Crippen molar-refractivity contribution in [3.63, 3.8) is 0 Å². The zero-order chi connectivity index (χ0) is 35.6. The number of carbonyl (C=O) groups excluding carboxylic acids is 2. The molecule has 3 aromatic carbocycles. The van der Waals surface area contributed by atoms with E-state index in [1.54, 1.807) is 42.2 Å². The van der Waals surface area contributed by atoms with Gasteiger partial charge in [0.05, 0.1) is 48.8 Å². The van der Waals surface area contributed by atoms with E-state index < -0.39 is 22.2 Å². The summed E-state index contributed by atoms with van der Waals surface area (Å²) in [5, 5.41) is 13.1. The molecule has 0 saturated heterocycles. The average Bonchev–Trinajstić information content (AvgIpc) is 3.09. The minimum atomic E-state index is -3.85. The molecule has 0 bridgehead atoms. The first-order valence-electron chi connectivity index (χ1n) is 16.7. The zero-order valence-electron chi connectivity index (χ0n) is 29.0. The molecule has 12 heteroatoms. The van der Waals surface area contributed by atoms with Crippen LogP contribution in [-0.2, 0) is 26.0 Å². The number of nitrogens with one attached hydrogen (secondary N) is 1. The second-order valence-corrected chi connectivity index (χ2v) is 14.7. The molecule has 3 aromatic rings. The van der Waals surface area contributed by atoms with Gasteiger partial charge in [0.25, 0.3) is 5.91 Å². The molecule has 0 unspecified atom stereocenters. The molecule has 4 rings (SSSR count). The lowest BCUT2D eigenvalue weighted by atomic mass is 10.0. The minimum Gasteiger partial charge on any atom is -0.497 e. The largest absolute Gasteiger partial charge is 0.497 e. The summed E-state index contributed by atoms with van der Waals surface area (Å²) in [5.41, 5.74) is 1.56. The van der Waals surface area contributed by atoms with Gasteiger partial charge in [0.2, 0.25) is 15.9 Å². The van der Waals surface area contributed by atoms with Crippen molar-refractivity contribution in [1.29, 1.82) is 0 Å². The first kappa shape index (κ1) is 37.8.